The number of ether oxygens (including phenoxy) is 1. The molecule has 0 atom stereocenters. The standard InChI is InChI=1S/C28H31ClN2O/c1-28(2,3)22-12-16-24(17-13-22)32-19-7-6-18-31-26-9-5-4-8-25(26)30-27(31)20-21-10-14-23(29)15-11-21/h4-5,8-17H,6-7,18-20H2,1-3H3. The second-order valence-corrected chi connectivity index (χ2v) is 9.74. The van der Waals surface area contributed by atoms with Crippen LogP contribution < -0.4 is 4.74 Å². The Morgan fingerprint density at radius 1 is 0.875 bits per heavy atom. The minimum Gasteiger partial charge on any atom is -0.494 e. The second kappa shape index (κ2) is 9.79. The summed E-state index contributed by atoms with van der Waals surface area (Å²) in [6.07, 6.45) is 2.82. The van der Waals surface area contributed by atoms with E-state index in [2.05, 4.69) is 79.9 Å². The number of para-hydroxylation sites is 2. The Kier molecular flexibility index (Phi) is 6.86. The van der Waals surface area contributed by atoms with E-state index >= 15 is 0 Å². The van der Waals surface area contributed by atoms with Crippen molar-refractivity contribution in [2.45, 2.75) is 52.0 Å². The maximum absolute atomic E-state index is 6.05. The van der Waals surface area contributed by atoms with Gasteiger partial charge in [0.05, 0.1) is 17.6 Å². The molecular weight excluding hydrogens is 416 g/mol. The molecule has 0 spiro atoms. The molecule has 4 aromatic rings. The van der Waals surface area contributed by atoms with Gasteiger partial charge in [-0.2, -0.15) is 0 Å². The largest absolute Gasteiger partial charge is 0.494 e. The van der Waals surface area contributed by atoms with Gasteiger partial charge in [0, 0.05) is 18.0 Å². The van der Waals surface area contributed by atoms with Crippen LogP contribution in [0.5, 0.6) is 5.75 Å². The zero-order valence-corrected chi connectivity index (χ0v) is 19.9. The van der Waals surface area contributed by atoms with Crippen molar-refractivity contribution >= 4 is 22.6 Å². The molecule has 4 rings (SSSR count). The number of imidazole rings is 1. The molecule has 0 radical (unpaired) electrons. The molecule has 4 heteroatoms. The van der Waals surface area contributed by atoms with Crippen molar-refractivity contribution in [3.8, 4) is 5.75 Å². The molecule has 0 aliphatic carbocycles. The lowest BCUT2D eigenvalue weighted by atomic mass is 9.87. The molecule has 3 nitrogen and oxygen atoms in total. The fraction of sp³-hybridized carbons (Fsp3) is 0.321. The predicted molar refractivity (Wildman–Crippen MR) is 134 cm³/mol. The fourth-order valence-electron chi connectivity index (χ4n) is 3.91. The molecule has 0 amide bonds. The third kappa shape index (κ3) is 5.52. The summed E-state index contributed by atoms with van der Waals surface area (Å²) >= 11 is 6.05. The average Bonchev–Trinajstić information content (AvgIpc) is 3.12. The van der Waals surface area contributed by atoms with Crippen LogP contribution in [0, 0.1) is 0 Å². The molecular formula is C28H31ClN2O. The Bertz CT molecular complexity index is 1150. The van der Waals surface area contributed by atoms with Gasteiger partial charge in [-0.3, -0.25) is 0 Å². The Labute approximate surface area is 196 Å². The van der Waals surface area contributed by atoms with Gasteiger partial charge in [0.1, 0.15) is 11.6 Å². The van der Waals surface area contributed by atoms with Gasteiger partial charge >= 0.3 is 0 Å². The number of aromatic nitrogens is 2. The number of nitrogens with zero attached hydrogens (tertiary/aromatic N) is 2. The third-order valence-corrected chi connectivity index (χ3v) is 6.03. The highest BCUT2D eigenvalue weighted by Gasteiger charge is 2.13. The van der Waals surface area contributed by atoms with Gasteiger partial charge in [0.25, 0.3) is 0 Å². The monoisotopic (exact) mass is 446 g/mol. The molecule has 0 unspecified atom stereocenters. The van der Waals surface area contributed by atoms with Gasteiger partial charge in [0.2, 0.25) is 0 Å². The molecule has 1 heterocycles. The number of hydrogen-bond acceptors (Lipinski definition) is 2. The van der Waals surface area contributed by atoms with Crippen molar-refractivity contribution in [2.24, 2.45) is 0 Å². The van der Waals surface area contributed by atoms with Crippen molar-refractivity contribution < 1.29 is 4.74 Å². The molecule has 0 saturated carbocycles. The number of aryl methyl sites for hydroxylation is 1. The molecule has 0 fully saturated rings. The van der Waals surface area contributed by atoms with E-state index in [1.54, 1.807) is 0 Å². The summed E-state index contributed by atoms with van der Waals surface area (Å²) in [6, 6.07) is 24.9. The summed E-state index contributed by atoms with van der Waals surface area (Å²) in [5, 5.41) is 0.760. The lowest BCUT2D eigenvalue weighted by Crippen LogP contribution is -2.10. The highest BCUT2D eigenvalue weighted by Crippen LogP contribution is 2.24. The van der Waals surface area contributed by atoms with Crippen LogP contribution in [0.1, 0.15) is 50.6 Å². The minimum atomic E-state index is 0.163. The quantitative estimate of drug-likeness (QED) is 0.263. The van der Waals surface area contributed by atoms with Gasteiger partial charge in [-0.1, -0.05) is 68.8 Å². The summed E-state index contributed by atoms with van der Waals surface area (Å²) in [6.45, 7) is 8.32. The van der Waals surface area contributed by atoms with Gasteiger partial charge in [-0.25, -0.2) is 4.98 Å². The smallest absolute Gasteiger partial charge is 0.119 e. The Hall–Kier alpha value is -2.78. The number of rotatable bonds is 8. The first-order valence-corrected chi connectivity index (χ1v) is 11.7. The molecule has 0 N–H and O–H groups in total. The summed E-state index contributed by atoms with van der Waals surface area (Å²) in [4.78, 5) is 4.90. The van der Waals surface area contributed by atoms with Crippen LogP contribution in [0.3, 0.4) is 0 Å². The van der Waals surface area contributed by atoms with E-state index in [4.69, 9.17) is 21.3 Å². The first-order valence-electron chi connectivity index (χ1n) is 11.3. The topological polar surface area (TPSA) is 27.1 Å². The van der Waals surface area contributed by atoms with E-state index in [0.29, 0.717) is 6.61 Å². The lowest BCUT2D eigenvalue weighted by molar-refractivity contribution is 0.303. The number of unbranched alkanes of at least 4 members (excludes halogenated alkanes) is 1. The van der Waals surface area contributed by atoms with E-state index < -0.39 is 0 Å². The third-order valence-electron chi connectivity index (χ3n) is 5.77. The van der Waals surface area contributed by atoms with Crippen molar-refractivity contribution in [1.29, 1.82) is 0 Å². The van der Waals surface area contributed by atoms with E-state index in [-0.39, 0.29) is 5.41 Å². The van der Waals surface area contributed by atoms with E-state index in [9.17, 15) is 0 Å². The minimum absolute atomic E-state index is 0.163. The molecule has 0 aliphatic rings. The van der Waals surface area contributed by atoms with Crippen molar-refractivity contribution in [2.75, 3.05) is 6.61 Å². The molecule has 3 aromatic carbocycles. The molecule has 0 bridgehead atoms. The van der Waals surface area contributed by atoms with Crippen molar-refractivity contribution in [3.63, 3.8) is 0 Å². The first kappa shape index (κ1) is 22.4. The summed E-state index contributed by atoms with van der Waals surface area (Å²) < 4.78 is 8.33. The number of hydrogen-bond donors (Lipinski definition) is 0. The van der Waals surface area contributed by atoms with Crippen LogP contribution in [0.15, 0.2) is 72.8 Å². The van der Waals surface area contributed by atoms with Crippen molar-refractivity contribution in [3.05, 3.63) is 94.8 Å². The average molecular weight is 447 g/mol. The maximum Gasteiger partial charge on any atom is 0.119 e. The van der Waals surface area contributed by atoms with Crippen LogP contribution in [-0.2, 0) is 18.4 Å². The molecule has 1 aromatic heterocycles. The van der Waals surface area contributed by atoms with Gasteiger partial charge in [-0.05, 0) is 65.8 Å². The number of halogens is 1. The number of benzene rings is 3. The van der Waals surface area contributed by atoms with Gasteiger partial charge < -0.3 is 9.30 Å². The van der Waals surface area contributed by atoms with Crippen molar-refractivity contribution in [1.82, 2.24) is 9.55 Å². The van der Waals surface area contributed by atoms with E-state index in [1.165, 1.54) is 16.6 Å². The molecule has 166 valence electrons. The summed E-state index contributed by atoms with van der Waals surface area (Å²) in [5.41, 5.74) is 4.94. The Morgan fingerprint density at radius 3 is 2.31 bits per heavy atom. The van der Waals surface area contributed by atoms with Crippen LogP contribution in [0.25, 0.3) is 11.0 Å². The highest BCUT2D eigenvalue weighted by molar-refractivity contribution is 6.30. The zero-order valence-electron chi connectivity index (χ0n) is 19.1. The normalized spacial score (nSPS) is 11.8. The maximum atomic E-state index is 6.05. The Morgan fingerprint density at radius 2 is 1.59 bits per heavy atom. The van der Waals surface area contributed by atoms with Crippen LogP contribution in [-0.4, -0.2) is 16.2 Å². The fourth-order valence-corrected chi connectivity index (χ4v) is 4.03. The highest BCUT2D eigenvalue weighted by atomic mass is 35.5. The summed E-state index contributed by atoms with van der Waals surface area (Å²) in [7, 11) is 0. The van der Waals surface area contributed by atoms with E-state index in [0.717, 1.165) is 47.9 Å². The zero-order chi connectivity index (χ0) is 22.6. The predicted octanol–water partition coefficient (Wildman–Crippen LogP) is 7.44. The molecule has 0 aliphatic heterocycles. The van der Waals surface area contributed by atoms with Gasteiger partial charge in [-0.15, -0.1) is 0 Å². The van der Waals surface area contributed by atoms with Crippen LogP contribution >= 0.6 is 11.6 Å². The molecule has 32 heavy (non-hydrogen) atoms. The SMILES string of the molecule is CC(C)(C)c1ccc(OCCCCn2c(Cc3ccc(Cl)cc3)nc3ccccc32)cc1. The first-order chi connectivity index (χ1) is 15.4. The Balaban J connectivity index is 1.37. The van der Waals surface area contributed by atoms with Crippen LogP contribution in [0.2, 0.25) is 5.02 Å². The van der Waals surface area contributed by atoms with Gasteiger partial charge in [0.15, 0.2) is 0 Å². The van der Waals surface area contributed by atoms with Crippen LogP contribution in [0.4, 0.5) is 0 Å². The lowest BCUT2D eigenvalue weighted by Gasteiger charge is -2.19. The summed E-state index contributed by atoms with van der Waals surface area (Å²) in [5.74, 6) is 2.03. The second-order valence-electron chi connectivity index (χ2n) is 9.30. The molecule has 0 saturated heterocycles. The number of fused-ring (bicyclic) bond motifs is 1. The van der Waals surface area contributed by atoms with E-state index in [1.807, 2.05) is 18.2 Å².